The van der Waals surface area contributed by atoms with E-state index in [1.807, 2.05) is 0 Å². The molecular weight excluding hydrogens is 272 g/mol. The molecule has 1 atom stereocenters. The summed E-state index contributed by atoms with van der Waals surface area (Å²) in [5, 5.41) is 19.4. The monoisotopic (exact) mass is 288 g/mol. The molecule has 2 N–H and O–H groups in total. The van der Waals surface area contributed by atoms with Gasteiger partial charge in [0.05, 0.1) is 9.82 Å². The van der Waals surface area contributed by atoms with Gasteiger partial charge in [0.2, 0.25) is 10.0 Å². The summed E-state index contributed by atoms with van der Waals surface area (Å²) in [6.45, 7) is 3.18. The molecule has 0 spiro atoms. The molecule has 0 bridgehead atoms. The van der Waals surface area contributed by atoms with Crippen LogP contribution in [-0.4, -0.2) is 31.6 Å². The van der Waals surface area contributed by atoms with Gasteiger partial charge in [0.15, 0.2) is 0 Å². The van der Waals surface area contributed by atoms with E-state index in [2.05, 4.69) is 4.72 Å². The summed E-state index contributed by atoms with van der Waals surface area (Å²) in [5.41, 5.74) is 0.151. The Labute approximate surface area is 111 Å². The van der Waals surface area contributed by atoms with Crippen LogP contribution in [0.4, 0.5) is 5.69 Å². The van der Waals surface area contributed by atoms with E-state index < -0.39 is 14.9 Å². The number of hydrogen-bond acceptors (Lipinski definition) is 5. The molecule has 1 aromatic carbocycles. The fourth-order valence-corrected chi connectivity index (χ4v) is 2.83. The van der Waals surface area contributed by atoms with Gasteiger partial charge >= 0.3 is 0 Å². The number of sulfonamides is 1. The zero-order valence-electron chi connectivity index (χ0n) is 10.7. The Hall–Kier alpha value is -1.51. The van der Waals surface area contributed by atoms with Crippen LogP contribution in [0.5, 0.6) is 0 Å². The van der Waals surface area contributed by atoms with Gasteiger partial charge in [-0.15, -0.1) is 0 Å². The molecule has 0 saturated heterocycles. The highest BCUT2D eigenvalue weighted by Crippen LogP contribution is 2.20. The highest BCUT2D eigenvalue weighted by atomic mass is 32.2. The van der Waals surface area contributed by atoms with Crippen LogP contribution in [0.1, 0.15) is 12.5 Å². The Kier molecular flexibility index (Phi) is 4.98. The minimum Gasteiger partial charge on any atom is -0.396 e. The Bertz CT molecular complexity index is 570. The molecule has 7 nitrogen and oxygen atoms in total. The second-order valence-electron chi connectivity index (χ2n) is 4.35. The smallest absolute Gasteiger partial charge is 0.269 e. The number of nitro benzene ring substituents is 1. The normalized spacial score (nSPS) is 13.2. The molecule has 106 valence electrons. The number of nitrogens with zero attached hydrogens (tertiary/aromatic N) is 1. The van der Waals surface area contributed by atoms with Crippen molar-refractivity contribution in [3.63, 3.8) is 0 Å². The van der Waals surface area contributed by atoms with Crippen LogP contribution < -0.4 is 4.72 Å². The second kappa shape index (κ2) is 6.09. The standard InChI is InChI=1S/C11H16N2O5S/c1-8(7-14)6-12-19(17,18)11-4-3-10(13(15)16)5-9(11)2/h3-5,8,12,14H,6-7H2,1-2H3. The van der Waals surface area contributed by atoms with E-state index in [-0.39, 0.29) is 29.7 Å². The number of non-ortho nitro benzene ring substituents is 1. The van der Waals surface area contributed by atoms with Crippen molar-refractivity contribution >= 4 is 15.7 Å². The first-order valence-corrected chi connectivity index (χ1v) is 7.12. The summed E-state index contributed by atoms with van der Waals surface area (Å²) in [6, 6.07) is 3.57. The summed E-state index contributed by atoms with van der Waals surface area (Å²) < 4.78 is 26.3. The van der Waals surface area contributed by atoms with Crippen molar-refractivity contribution in [1.82, 2.24) is 4.72 Å². The maximum absolute atomic E-state index is 12.0. The molecule has 1 unspecified atom stereocenters. The van der Waals surface area contributed by atoms with E-state index in [0.717, 1.165) is 6.07 Å². The van der Waals surface area contributed by atoms with Crippen molar-refractivity contribution in [3.8, 4) is 0 Å². The van der Waals surface area contributed by atoms with Gasteiger partial charge in [-0.3, -0.25) is 10.1 Å². The Balaban J connectivity index is 2.99. The van der Waals surface area contributed by atoms with E-state index in [4.69, 9.17) is 5.11 Å². The first kappa shape index (κ1) is 15.5. The predicted octanol–water partition coefficient (Wildman–Crippen LogP) is 0.810. The molecule has 0 aliphatic carbocycles. The van der Waals surface area contributed by atoms with Crippen molar-refractivity contribution in [1.29, 1.82) is 0 Å². The fourth-order valence-electron chi connectivity index (χ4n) is 1.44. The first-order valence-electron chi connectivity index (χ1n) is 5.63. The molecular formula is C11H16N2O5S. The molecule has 0 saturated carbocycles. The van der Waals surface area contributed by atoms with Crippen molar-refractivity contribution < 1.29 is 18.4 Å². The van der Waals surface area contributed by atoms with E-state index in [1.165, 1.54) is 19.1 Å². The highest BCUT2D eigenvalue weighted by Gasteiger charge is 2.19. The molecule has 0 fully saturated rings. The second-order valence-corrected chi connectivity index (χ2v) is 6.08. The number of rotatable bonds is 6. The first-order chi connectivity index (χ1) is 8.77. The third kappa shape index (κ3) is 3.98. The van der Waals surface area contributed by atoms with Crippen LogP contribution in [0.25, 0.3) is 0 Å². The maximum atomic E-state index is 12.0. The Morgan fingerprint density at radius 1 is 1.47 bits per heavy atom. The number of benzene rings is 1. The van der Waals surface area contributed by atoms with Crippen LogP contribution in [0.15, 0.2) is 23.1 Å². The van der Waals surface area contributed by atoms with Crippen LogP contribution in [0, 0.1) is 23.0 Å². The Morgan fingerprint density at radius 2 is 2.11 bits per heavy atom. The minimum absolute atomic E-state index is 0.00300. The largest absolute Gasteiger partial charge is 0.396 e. The molecule has 0 aliphatic heterocycles. The number of nitro groups is 1. The van der Waals surface area contributed by atoms with E-state index >= 15 is 0 Å². The molecule has 19 heavy (non-hydrogen) atoms. The maximum Gasteiger partial charge on any atom is 0.269 e. The van der Waals surface area contributed by atoms with Crippen LogP contribution in [-0.2, 0) is 10.0 Å². The predicted molar refractivity (Wildman–Crippen MR) is 69.3 cm³/mol. The molecule has 8 heteroatoms. The molecule has 1 aromatic rings. The van der Waals surface area contributed by atoms with Gasteiger partial charge < -0.3 is 5.11 Å². The molecule has 0 heterocycles. The summed E-state index contributed by atoms with van der Waals surface area (Å²) in [5.74, 6) is -0.201. The topological polar surface area (TPSA) is 110 Å². The summed E-state index contributed by atoms with van der Waals surface area (Å²) >= 11 is 0. The average Bonchev–Trinajstić information content (AvgIpc) is 2.35. The van der Waals surface area contributed by atoms with E-state index in [9.17, 15) is 18.5 Å². The van der Waals surface area contributed by atoms with E-state index in [0.29, 0.717) is 5.56 Å². The summed E-state index contributed by atoms with van der Waals surface area (Å²) in [6.07, 6.45) is 0. The van der Waals surface area contributed by atoms with Crippen LogP contribution in [0.3, 0.4) is 0 Å². The molecule has 1 rings (SSSR count). The van der Waals surface area contributed by atoms with Crippen LogP contribution >= 0.6 is 0 Å². The molecule has 0 radical (unpaired) electrons. The third-order valence-corrected chi connectivity index (χ3v) is 4.18. The molecule has 0 amide bonds. The van der Waals surface area contributed by atoms with Crippen molar-refractivity contribution in [2.24, 2.45) is 5.92 Å². The zero-order valence-corrected chi connectivity index (χ0v) is 11.5. The van der Waals surface area contributed by atoms with Gasteiger partial charge in [-0.2, -0.15) is 0 Å². The fraction of sp³-hybridized carbons (Fsp3) is 0.455. The van der Waals surface area contributed by atoms with Gasteiger partial charge in [-0.05, 0) is 24.5 Å². The lowest BCUT2D eigenvalue weighted by molar-refractivity contribution is -0.385. The lowest BCUT2D eigenvalue weighted by atomic mass is 10.2. The number of aliphatic hydroxyl groups is 1. The van der Waals surface area contributed by atoms with Gasteiger partial charge in [-0.25, -0.2) is 13.1 Å². The quantitative estimate of drug-likeness (QED) is 0.594. The van der Waals surface area contributed by atoms with E-state index in [1.54, 1.807) is 6.92 Å². The number of aryl methyl sites for hydroxylation is 1. The Morgan fingerprint density at radius 3 is 2.58 bits per heavy atom. The van der Waals surface area contributed by atoms with Crippen molar-refractivity contribution in [2.75, 3.05) is 13.2 Å². The highest BCUT2D eigenvalue weighted by molar-refractivity contribution is 7.89. The lowest BCUT2D eigenvalue weighted by Crippen LogP contribution is -2.30. The molecule has 0 aromatic heterocycles. The number of aliphatic hydroxyl groups excluding tert-OH is 1. The van der Waals surface area contributed by atoms with Crippen molar-refractivity contribution in [3.05, 3.63) is 33.9 Å². The SMILES string of the molecule is Cc1cc([N+](=O)[O-])ccc1S(=O)(=O)NCC(C)CO. The lowest BCUT2D eigenvalue weighted by Gasteiger charge is -2.11. The average molecular weight is 288 g/mol. The third-order valence-electron chi connectivity index (χ3n) is 2.59. The van der Waals surface area contributed by atoms with Gasteiger partial charge in [0.25, 0.3) is 5.69 Å². The number of nitrogens with one attached hydrogen (secondary N) is 1. The summed E-state index contributed by atoms with van der Waals surface area (Å²) in [7, 11) is -3.72. The zero-order chi connectivity index (χ0) is 14.6. The minimum atomic E-state index is -3.72. The summed E-state index contributed by atoms with van der Waals surface area (Å²) in [4.78, 5) is 10.0. The van der Waals surface area contributed by atoms with Crippen molar-refractivity contribution in [2.45, 2.75) is 18.7 Å². The van der Waals surface area contributed by atoms with Gasteiger partial charge in [0, 0.05) is 25.3 Å². The van der Waals surface area contributed by atoms with Gasteiger partial charge in [-0.1, -0.05) is 6.92 Å². The van der Waals surface area contributed by atoms with Gasteiger partial charge in [0.1, 0.15) is 0 Å². The molecule has 0 aliphatic rings. The number of hydrogen-bond donors (Lipinski definition) is 2. The van der Waals surface area contributed by atoms with Crippen LogP contribution in [0.2, 0.25) is 0 Å².